The van der Waals surface area contributed by atoms with Crippen molar-refractivity contribution in [3.63, 3.8) is 0 Å². The van der Waals surface area contributed by atoms with E-state index >= 15 is 0 Å². The molecule has 0 aliphatic carbocycles. The average Bonchev–Trinajstić information content (AvgIpc) is 2.82. The molecule has 1 saturated heterocycles. The van der Waals surface area contributed by atoms with Gasteiger partial charge in [0.1, 0.15) is 11.6 Å². The molecule has 18 heavy (non-hydrogen) atoms. The van der Waals surface area contributed by atoms with Crippen LogP contribution in [0.4, 0.5) is 0 Å². The Morgan fingerprint density at radius 2 is 2.22 bits per heavy atom. The molecule has 2 unspecified atom stereocenters. The molecule has 100 valence electrons. The first-order valence-corrected chi connectivity index (χ1v) is 8.05. The summed E-state index contributed by atoms with van der Waals surface area (Å²) in [5.74, 6) is 3.94. The van der Waals surface area contributed by atoms with Crippen LogP contribution >= 0.6 is 11.8 Å². The van der Waals surface area contributed by atoms with Crippen molar-refractivity contribution in [1.82, 2.24) is 14.8 Å². The highest BCUT2D eigenvalue weighted by Crippen LogP contribution is 2.28. The second kappa shape index (κ2) is 5.61. The molecule has 0 bridgehead atoms. The van der Waals surface area contributed by atoms with Gasteiger partial charge in [-0.15, -0.1) is 10.2 Å². The van der Waals surface area contributed by atoms with Gasteiger partial charge in [0.2, 0.25) is 0 Å². The number of thioether (sulfide) groups is 1. The third-order valence-electron chi connectivity index (χ3n) is 4.08. The average molecular weight is 267 g/mol. The largest absolute Gasteiger partial charge is 0.396 e. The Kier molecular flexibility index (Phi) is 3.89. The summed E-state index contributed by atoms with van der Waals surface area (Å²) >= 11 is 2.10. The van der Waals surface area contributed by atoms with Crippen molar-refractivity contribution in [2.75, 3.05) is 12.4 Å². The first-order valence-electron chi connectivity index (χ1n) is 7.00. The summed E-state index contributed by atoms with van der Waals surface area (Å²) in [5, 5.41) is 18.7. The van der Waals surface area contributed by atoms with E-state index in [-0.39, 0.29) is 6.61 Å². The predicted molar refractivity (Wildman–Crippen MR) is 72.7 cm³/mol. The van der Waals surface area contributed by atoms with E-state index in [0.717, 1.165) is 36.9 Å². The molecule has 3 rings (SSSR count). The zero-order valence-electron chi connectivity index (χ0n) is 10.7. The minimum Gasteiger partial charge on any atom is -0.396 e. The fraction of sp³-hybridized carbons (Fsp3) is 0.846. The molecule has 0 saturated carbocycles. The van der Waals surface area contributed by atoms with Crippen LogP contribution in [0.5, 0.6) is 0 Å². The lowest BCUT2D eigenvalue weighted by molar-refractivity contribution is 0.198. The van der Waals surface area contributed by atoms with E-state index < -0.39 is 0 Å². The maximum Gasteiger partial charge on any atom is 0.134 e. The summed E-state index contributed by atoms with van der Waals surface area (Å²) < 4.78 is 2.29. The molecule has 0 spiro atoms. The van der Waals surface area contributed by atoms with Gasteiger partial charge in [0.05, 0.1) is 0 Å². The highest BCUT2D eigenvalue weighted by Gasteiger charge is 2.24. The van der Waals surface area contributed by atoms with Crippen LogP contribution in [0.15, 0.2) is 0 Å². The van der Waals surface area contributed by atoms with E-state index in [4.69, 9.17) is 0 Å². The number of hydrogen-bond acceptors (Lipinski definition) is 4. The molecule has 1 aromatic heterocycles. The minimum absolute atomic E-state index is 0.278. The molecule has 1 N–H and O–H groups in total. The lowest BCUT2D eigenvalue weighted by Crippen LogP contribution is -2.24. The lowest BCUT2D eigenvalue weighted by atomic mass is 9.99. The van der Waals surface area contributed by atoms with E-state index in [9.17, 15) is 5.11 Å². The number of nitrogens with zero attached hydrogens (tertiary/aromatic N) is 3. The summed E-state index contributed by atoms with van der Waals surface area (Å²) in [4.78, 5) is 0. The van der Waals surface area contributed by atoms with Crippen molar-refractivity contribution < 1.29 is 5.11 Å². The molecule has 0 radical (unpaired) electrons. The molecule has 1 fully saturated rings. The Morgan fingerprint density at radius 1 is 1.28 bits per heavy atom. The fourth-order valence-corrected chi connectivity index (χ4v) is 4.24. The van der Waals surface area contributed by atoms with Crippen molar-refractivity contribution in [2.45, 2.75) is 50.3 Å². The number of hydrogen-bond donors (Lipinski definition) is 1. The summed E-state index contributed by atoms with van der Waals surface area (Å²) in [5.41, 5.74) is 0. The van der Waals surface area contributed by atoms with E-state index in [2.05, 4.69) is 26.5 Å². The molecule has 0 amide bonds. The molecule has 0 aromatic carbocycles. The van der Waals surface area contributed by atoms with Crippen LogP contribution in [0.25, 0.3) is 0 Å². The van der Waals surface area contributed by atoms with Crippen molar-refractivity contribution in [1.29, 1.82) is 0 Å². The highest BCUT2D eigenvalue weighted by atomic mass is 32.2. The molecule has 2 atom stereocenters. The van der Waals surface area contributed by atoms with Crippen LogP contribution in [0.3, 0.4) is 0 Å². The minimum atomic E-state index is 0.278. The maximum atomic E-state index is 9.22. The van der Waals surface area contributed by atoms with Crippen LogP contribution in [0.2, 0.25) is 0 Å². The standard InChI is InChI=1S/C13H21N3OS/c17-9-10-4-5-16-12(7-10)14-15-13(16)8-11-3-1-2-6-18-11/h10-11,17H,1-9H2. The Morgan fingerprint density at radius 3 is 3.00 bits per heavy atom. The van der Waals surface area contributed by atoms with Gasteiger partial charge >= 0.3 is 0 Å². The first kappa shape index (κ1) is 12.5. The molecule has 5 heteroatoms. The third-order valence-corrected chi connectivity index (χ3v) is 5.48. The topological polar surface area (TPSA) is 50.9 Å². The van der Waals surface area contributed by atoms with Gasteiger partial charge in [0.15, 0.2) is 0 Å². The van der Waals surface area contributed by atoms with Gasteiger partial charge in [-0.05, 0) is 30.9 Å². The number of aliphatic hydroxyl groups is 1. The van der Waals surface area contributed by atoms with Crippen molar-refractivity contribution >= 4 is 11.8 Å². The third kappa shape index (κ3) is 2.57. The fourth-order valence-electron chi connectivity index (χ4n) is 2.93. The van der Waals surface area contributed by atoms with Crippen LogP contribution in [0, 0.1) is 5.92 Å². The summed E-state index contributed by atoms with van der Waals surface area (Å²) in [6.07, 6.45) is 7.09. The number of rotatable bonds is 3. The van der Waals surface area contributed by atoms with Gasteiger partial charge in [-0.3, -0.25) is 0 Å². The Hall–Kier alpha value is -0.550. The normalized spacial score (nSPS) is 28.1. The van der Waals surface area contributed by atoms with Crippen LogP contribution in [-0.4, -0.2) is 37.5 Å². The van der Waals surface area contributed by atoms with Gasteiger partial charge in [0.25, 0.3) is 0 Å². The zero-order valence-corrected chi connectivity index (χ0v) is 11.5. The van der Waals surface area contributed by atoms with Crippen LogP contribution in [-0.2, 0) is 19.4 Å². The van der Waals surface area contributed by atoms with Gasteiger partial charge in [0, 0.05) is 31.2 Å². The smallest absolute Gasteiger partial charge is 0.134 e. The van der Waals surface area contributed by atoms with Gasteiger partial charge < -0.3 is 9.67 Å². The number of aliphatic hydroxyl groups excluding tert-OH is 1. The van der Waals surface area contributed by atoms with Crippen LogP contribution < -0.4 is 0 Å². The Bertz CT molecular complexity index is 401. The monoisotopic (exact) mass is 267 g/mol. The molecule has 2 aliphatic rings. The predicted octanol–water partition coefficient (Wildman–Crippen LogP) is 1.66. The maximum absolute atomic E-state index is 9.22. The lowest BCUT2D eigenvalue weighted by Gasteiger charge is -2.24. The SMILES string of the molecule is OCC1CCn2c(nnc2CC2CCCCS2)C1. The molecular formula is C13H21N3OS. The number of fused-ring (bicyclic) bond motifs is 1. The molecule has 3 heterocycles. The Labute approximate surface area is 112 Å². The van der Waals surface area contributed by atoms with Gasteiger partial charge in [-0.25, -0.2) is 0 Å². The zero-order chi connectivity index (χ0) is 12.4. The van der Waals surface area contributed by atoms with Crippen LogP contribution in [0.1, 0.15) is 37.3 Å². The van der Waals surface area contributed by atoms with Gasteiger partial charge in [-0.1, -0.05) is 6.42 Å². The highest BCUT2D eigenvalue weighted by molar-refractivity contribution is 7.99. The van der Waals surface area contributed by atoms with E-state index in [1.165, 1.54) is 30.8 Å². The van der Waals surface area contributed by atoms with Crippen molar-refractivity contribution in [3.05, 3.63) is 11.6 Å². The van der Waals surface area contributed by atoms with Gasteiger partial charge in [-0.2, -0.15) is 11.8 Å². The molecule has 1 aromatic rings. The Balaban J connectivity index is 1.68. The quantitative estimate of drug-likeness (QED) is 0.905. The molecule has 2 aliphatic heterocycles. The molecule has 4 nitrogen and oxygen atoms in total. The van der Waals surface area contributed by atoms with E-state index in [1.807, 2.05) is 0 Å². The molecular weight excluding hydrogens is 246 g/mol. The van der Waals surface area contributed by atoms with E-state index in [1.54, 1.807) is 0 Å². The summed E-state index contributed by atoms with van der Waals surface area (Å²) in [7, 11) is 0. The van der Waals surface area contributed by atoms with Crippen molar-refractivity contribution in [3.8, 4) is 0 Å². The summed E-state index contributed by atoms with van der Waals surface area (Å²) in [6, 6.07) is 0. The summed E-state index contributed by atoms with van der Waals surface area (Å²) in [6.45, 7) is 1.26. The van der Waals surface area contributed by atoms with Crippen molar-refractivity contribution in [2.24, 2.45) is 5.92 Å². The van der Waals surface area contributed by atoms with E-state index in [0.29, 0.717) is 5.92 Å². The first-order chi connectivity index (χ1) is 8.86. The second-order valence-electron chi connectivity index (χ2n) is 5.42. The second-order valence-corrected chi connectivity index (χ2v) is 6.83. The number of aromatic nitrogens is 3.